The Balaban J connectivity index is 1.61. The third-order valence-corrected chi connectivity index (χ3v) is 4.21. The molecule has 0 radical (unpaired) electrons. The zero-order valence-corrected chi connectivity index (χ0v) is 15.7. The quantitative estimate of drug-likeness (QED) is 0.569. The van der Waals surface area contributed by atoms with Crippen molar-refractivity contribution in [3.8, 4) is 5.75 Å². The first-order valence-electron chi connectivity index (χ1n) is 9.20. The molecule has 0 aliphatic heterocycles. The first kappa shape index (κ1) is 19.9. The number of hydrogen-bond acceptors (Lipinski definition) is 3. The molecule has 0 saturated carbocycles. The van der Waals surface area contributed by atoms with Gasteiger partial charge in [-0.15, -0.1) is 0 Å². The summed E-state index contributed by atoms with van der Waals surface area (Å²) < 4.78 is 5.73. The summed E-state index contributed by atoms with van der Waals surface area (Å²) >= 11 is 0. The molecule has 0 bridgehead atoms. The highest BCUT2D eigenvalue weighted by Crippen LogP contribution is 2.15. The van der Waals surface area contributed by atoms with Crippen LogP contribution in [0.3, 0.4) is 0 Å². The van der Waals surface area contributed by atoms with E-state index in [1.165, 1.54) is 11.6 Å². The Morgan fingerprint density at radius 3 is 2.10 bits per heavy atom. The summed E-state index contributed by atoms with van der Waals surface area (Å²) in [6.45, 7) is 0.548. The number of carboxylic acid groups (broad SMARTS) is 1. The number of nitrogens with one attached hydrogen (secondary N) is 1. The second-order valence-electron chi connectivity index (χ2n) is 6.34. The summed E-state index contributed by atoms with van der Waals surface area (Å²) in [7, 11) is 0. The van der Waals surface area contributed by atoms with Crippen LogP contribution in [0.25, 0.3) is 6.08 Å². The predicted octanol–water partition coefficient (Wildman–Crippen LogP) is 4.16. The van der Waals surface area contributed by atoms with Crippen LogP contribution in [-0.2, 0) is 11.2 Å². The number of aliphatic carboxylic acids is 1. The van der Waals surface area contributed by atoms with Gasteiger partial charge < -0.3 is 15.2 Å². The first-order chi connectivity index (χ1) is 14.1. The fourth-order valence-corrected chi connectivity index (χ4v) is 2.69. The molecule has 3 aromatic carbocycles. The molecular weight excluding hydrogens is 366 g/mol. The van der Waals surface area contributed by atoms with Crippen LogP contribution in [0, 0.1) is 0 Å². The molecule has 0 fully saturated rings. The zero-order valence-electron chi connectivity index (χ0n) is 15.7. The van der Waals surface area contributed by atoms with Gasteiger partial charge in [-0.3, -0.25) is 4.79 Å². The normalized spacial score (nSPS) is 11.0. The lowest BCUT2D eigenvalue weighted by atomic mass is 10.1. The number of rotatable bonds is 8. The number of ether oxygens (including phenoxy) is 1. The molecule has 0 spiro atoms. The molecule has 0 saturated heterocycles. The van der Waals surface area contributed by atoms with E-state index in [2.05, 4.69) is 17.4 Å². The minimum absolute atomic E-state index is 0.198. The Labute approximate surface area is 169 Å². The van der Waals surface area contributed by atoms with Crippen molar-refractivity contribution in [3.63, 3.8) is 0 Å². The lowest BCUT2D eigenvalue weighted by Crippen LogP contribution is -2.27. The van der Waals surface area contributed by atoms with Gasteiger partial charge in [-0.2, -0.15) is 0 Å². The molecule has 0 aromatic heterocycles. The van der Waals surface area contributed by atoms with E-state index < -0.39 is 11.9 Å². The van der Waals surface area contributed by atoms with Gasteiger partial charge in [-0.05, 0) is 41.5 Å². The van der Waals surface area contributed by atoms with Gasteiger partial charge in [-0.25, -0.2) is 4.79 Å². The summed E-state index contributed by atoms with van der Waals surface area (Å²) in [5.41, 5.74) is 2.04. The van der Waals surface area contributed by atoms with Crippen molar-refractivity contribution in [2.24, 2.45) is 0 Å². The van der Waals surface area contributed by atoms with Crippen molar-refractivity contribution in [2.75, 3.05) is 6.61 Å². The molecular formula is C24H21NO4. The maximum absolute atomic E-state index is 12.2. The van der Waals surface area contributed by atoms with Crippen molar-refractivity contribution < 1.29 is 19.4 Å². The molecule has 1 amide bonds. The zero-order chi connectivity index (χ0) is 20.5. The molecule has 2 N–H and O–H groups in total. The summed E-state index contributed by atoms with van der Waals surface area (Å²) in [6.07, 6.45) is 2.22. The van der Waals surface area contributed by atoms with Gasteiger partial charge in [0.15, 0.2) is 0 Å². The minimum atomic E-state index is -1.21. The van der Waals surface area contributed by atoms with E-state index in [-0.39, 0.29) is 5.70 Å². The largest absolute Gasteiger partial charge is 0.493 e. The van der Waals surface area contributed by atoms with Gasteiger partial charge in [0.05, 0.1) is 6.61 Å². The second-order valence-corrected chi connectivity index (χ2v) is 6.34. The van der Waals surface area contributed by atoms with E-state index in [1.54, 1.807) is 54.6 Å². The van der Waals surface area contributed by atoms with Crippen LogP contribution >= 0.6 is 0 Å². The summed E-state index contributed by atoms with van der Waals surface area (Å²) in [5, 5.41) is 11.8. The monoisotopic (exact) mass is 387 g/mol. The molecule has 29 heavy (non-hydrogen) atoms. The highest BCUT2D eigenvalue weighted by molar-refractivity contribution is 6.02. The minimum Gasteiger partial charge on any atom is -0.493 e. The Bertz CT molecular complexity index is 980. The van der Waals surface area contributed by atoms with Crippen LogP contribution in [0.2, 0.25) is 0 Å². The van der Waals surface area contributed by atoms with Crippen molar-refractivity contribution in [3.05, 3.63) is 107 Å². The third kappa shape index (κ3) is 6.07. The number of benzene rings is 3. The highest BCUT2D eigenvalue weighted by atomic mass is 16.5. The van der Waals surface area contributed by atoms with Crippen LogP contribution in [0.15, 0.2) is 90.6 Å². The van der Waals surface area contributed by atoms with Crippen molar-refractivity contribution in [2.45, 2.75) is 6.42 Å². The molecule has 3 aromatic rings. The Hall–Kier alpha value is -3.86. The van der Waals surface area contributed by atoms with Gasteiger partial charge in [0.2, 0.25) is 0 Å². The number of hydrogen-bond donors (Lipinski definition) is 2. The van der Waals surface area contributed by atoms with Crippen LogP contribution in [0.1, 0.15) is 21.5 Å². The van der Waals surface area contributed by atoms with Crippen LogP contribution in [-0.4, -0.2) is 23.6 Å². The fraction of sp³-hybridized carbons (Fsp3) is 0.0833. The van der Waals surface area contributed by atoms with Crippen LogP contribution < -0.4 is 10.1 Å². The lowest BCUT2D eigenvalue weighted by molar-refractivity contribution is -0.132. The van der Waals surface area contributed by atoms with Crippen molar-refractivity contribution in [1.82, 2.24) is 5.32 Å². The van der Waals surface area contributed by atoms with E-state index in [0.29, 0.717) is 23.5 Å². The topological polar surface area (TPSA) is 75.6 Å². The van der Waals surface area contributed by atoms with Crippen LogP contribution in [0.4, 0.5) is 0 Å². The molecule has 0 unspecified atom stereocenters. The van der Waals surface area contributed by atoms with E-state index in [4.69, 9.17) is 4.74 Å². The van der Waals surface area contributed by atoms with Crippen molar-refractivity contribution in [1.29, 1.82) is 0 Å². The number of carbonyl (C=O) groups excluding carboxylic acids is 1. The average Bonchev–Trinajstić information content (AvgIpc) is 2.75. The number of carbonyl (C=O) groups is 2. The summed E-state index contributed by atoms with van der Waals surface area (Å²) in [5.74, 6) is -0.985. The lowest BCUT2D eigenvalue weighted by Gasteiger charge is -2.08. The van der Waals surface area contributed by atoms with Gasteiger partial charge in [0, 0.05) is 12.0 Å². The van der Waals surface area contributed by atoms with Gasteiger partial charge in [0.25, 0.3) is 5.91 Å². The average molecular weight is 387 g/mol. The molecule has 146 valence electrons. The Kier molecular flexibility index (Phi) is 6.79. The summed E-state index contributed by atoms with van der Waals surface area (Å²) in [4.78, 5) is 23.7. The van der Waals surface area contributed by atoms with E-state index in [9.17, 15) is 14.7 Å². The number of carboxylic acids is 1. The Morgan fingerprint density at radius 2 is 1.48 bits per heavy atom. The smallest absolute Gasteiger partial charge is 0.352 e. The molecule has 5 nitrogen and oxygen atoms in total. The second kappa shape index (κ2) is 9.90. The number of amides is 1. The third-order valence-electron chi connectivity index (χ3n) is 4.21. The highest BCUT2D eigenvalue weighted by Gasteiger charge is 2.13. The molecule has 5 heteroatoms. The van der Waals surface area contributed by atoms with Gasteiger partial charge in [0.1, 0.15) is 11.4 Å². The molecule has 0 aliphatic carbocycles. The van der Waals surface area contributed by atoms with E-state index >= 15 is 0 Å². The maximum atomic E-state index is 12.2. The molecule has 0 atom stereocenters. The predicted molar refractivity (Wildman–Crippen MR) is 112 cm³/mol. The van der Waals surface area contributed by atoms with Gasteiger partial charge >= 0.3 is 5.97 Å². The van der Waals surface area contributed by atoms with E-state index in [1.807, 2.05) is 18.2 Å². The van der Waals surface area contributed by atoms with E-state index in [0.717, 1.165) is 6.42 Å². The van der Waals surface area contributed by atoms with Crippen LogP contribution in [0.5, 0.6) is 5.75 Å². The van der Waals surface area contributed by atoms with Crippen molar-refractivity contribution >= 4 is 18.0 Å². The standard InChI is InChI=1S/C24H21NO4/c26-23(20-9-5-2-6-10-20)25-22(24(27)28)17-19-11-13-21(14-12-19)29-16-15-18-7-3-1-4-8-18/h1-14,17H,15-16H2,(H,25,26)(H,27,28)/b22-17-. The summed E-state index contributed by atoms with van der Waals surface area (Å²) in [6, 6.07) is 25.6. The SMILES string of the molecule is O=C(O)/C(=C/c1ccc(OCCc2ccccc2)cc1)NC(=O)c1ccccc1. The Morgan fingerprint density at radius 1 is 0.862 bits per heavy atom. The first-order valence-corrected chi connectivity index (χ1v) is 9.20. The van der Waals surface area contributed by atoms with Gasteiger partial charge in [-0.1, -0.05) is 60.7 Å². The maximum Gasteiger partial charge on any atom is 0.352 e. The molecule has 0 heterocycles. The fourth-order valence-electron chi connectivity index (χ4n) is 2.69. The molecule has 0 aliphatic rings. The molecule has 3 rings (SSSR count).